The molecule has 0 radical (unpaired) electrons. The van der Waals surface area contributed by atoms with Crippen LogP contribution in [-0.2, 0) is 19.0 Å². The Morgan fingerprint density at radius 3 is 2.14 bits per heavy atom. The van der Waals surface area contributed by atoms with E-state index in [1.807, 2.05) is 0 Å². The molecule has 0 saturated carbocycles. The first-order valence-corrected chi connectivity index (χ1v) is 7.79. The summed E-state index contributed by atoms with van der Waals surface area (Å²) in [6.07, 6.45) is -0.876. The molecule has 0 saturated heterocycles. The van der Waals surface area contributed by atoms with E-state index in [0.29, 0.717) is 0 Å². The van der Waals surface area contributed by atoms with Crippen molar-refractivity contribution in [3.05, 3.63) is 70.3 Å². The Labute approximate surface area is 130 Å². The fraction of sp³-hybridized carbons (Fsp3) is 0.294. The molecular weight excluding hydrogens is 341 g/mol. The van der Waals surface area contributed by atoms with E-state index in [0.717, 1.165) is 36.1 Å². The van der Waals surface area contributed by atoms with Crippen molar-refractivity contribution in [2.75, 3.05) is 0 Å². The maximum atomic E-state index is 12.6. The SMILES string of the molecule is FC(F)(F)c1ccc(C(Br)c2ccc3c(c2)CCC3)cc1. The Bertz CT molecular complexity index is 644. The van der Waals surface area contributed by atoms with Gasteiger partial charge in [-0.1, -0.05) is 46.3 Å². The van der Waals surface area contributed by atoms with Crippen molar-refractivity contribution in [3.8, 4) is 0 Å². The van der Waals surface area contributed by atoms with Crippen LogP contribution in [0.4, 0.5) is 13.2 Å². The molecule has 0 heterocycles. The fourth-order valence-electron chi connectivity index (χ4n) is 2.78. The maximum absolute atomic E-state index is 12.6. The van der Waals surface area contributed by atoms with Gasteiger partial charge in [0.2, 0.25) is 0 Å². The first kappa shape index (κ1) is 14.6. The van der Waals surface area contributed by atoms with Gasteiger partial charge in [0.1, 0.15) is 0 Å². The molecule has 3 rings (SSSR count). The van der Waals surface area contributed by atoms with Gasteiger partial charge in [0.15, 0.2) is 0 Å². The number of fused-ring (bicyclic) bond motifs is 1. The second-order valence-corrected chi connectivity index (χ2v) is 6.28. The van der Waals surface area contributed by atoms with Crippen LogP contribution < -0.4 is 0 Å². The minimum Gasteiger partial charge on any atom is -0.166 e. The molecule has 110 valence electrons. The summed E-state index contributed by atoms with van der Waals surface area (Å²) >= 11 is 3.60. The van der Waals surface area contributed by atoms with Crippen LogP contribution in [-0.4, -0.2) is 0 Å². The van der Waals surface area contributed by atoms with E-state index in [1.165, 1.54) is 29.7 Å². The molecule has 0 N–H and O–H groups in total. The topological polar surface area (TPSA) is 0 Å². The zero-order chi connectivity index (χ0) is 15.0. The minimum atomic E-state index is -4.28. The molecule has 2 aromatic carbocycles. The predicted molar refractivity (Wildman–Crippen MR) is 80.7 cm³/mol. The highest BCUT2D eigenvalue weighted by Gasteiger charge is 2.30. The van der Waals surface area contributed by atoms with Gasteiger partial charge in [-0.25, -0.2) is 0 Å². The number of benzene rings is 2. The van der Waals surface area contributed by atoms with Gasteiger partial charge in [-0.05, 0) is 53.6 Å². The summed E-state index contributed by atoms with van der Waals surface area (Å²) in [6.45, 7) is 0. The Hall–Kier alpha value is -1.29. The monoisotopic (exact) mass is 354 g/mol. The minimum absolute atomic E-state index is 0.0781. The van der Waals surface area contributed by atoms with Crippen LogP contribution in [0, 0.1) is 0 Å². The third-order valence-corrected chi connectivity index (χ3v) is 5.00. The van der Waals surface area contributed by atoms with Crippen molar-refractivity contribution in [3.63, 3.8) is 0 Å². The maximum Gasteiger partial charge on any atom is 0.416 e. The highest BCUT2D eigenvalue weighted by atomic mass is 79.9. The van der Waals surface area contributed by atoms with Gasteiger partial charge in [-0.15, -0.1) is 0 Å². The van der Waals surface area contributed by atoms with Crippen molar-refractivity contribution in [1.82, 2.24) is 0 Å². The first-order chi connectivity index (χ1) is 9.95. The normalized spacial score (nSPS) is 15.8. The molecule has 0 spiro atoms. The fourth-order valence-corrected chi connectivity index (χ4v) is 3.37. The zero-order valence-electron chi connectivity index (χ0n) is 11.3. The van der Waals surface area contributed by atoms with E-state index in [1.54, 1.807) is 0 Å². The van der Waals surface area contributed by atoms with Gasteiger partial charge in [-0.2, -0.15) is 13.2 Å². The van der Waals surface area contributed by atoms with E-state index in [4.69, 9.17) is 0 Å². The molecule has 4 heteroatoms. The summed E-state index contributed by atoms with van der Waals surface area (Å²) < 4.78 is 37.7. The molecule has 2 aromatic rings. The van der Waals surface area contributed by atoms with E-state index >= 15 is 0 Å². The van der Waals surface area contributed by atoms with Crippen LogP contribution in [0.5, 0.6) is 0 Å². The average Bonchev–Trinajstić information content (AvgIpc) is 2.93. The third kappa shape index (κ3) is 3.00. The van der Waals surface area contributed by atoms with Crippen LogP contribution in [0.15, 0.2) is 42.5 Å². The zero-order valence-corrected chi connectivity index (χ0v) is 12.8. The number of rotatable bonds is 2. The van der Waals surface area contributed by atoms with Gasteiger partial charge < -0.3 is 0 Å². The van der Waals surface area contributed by atoms with Crippen molar-refractivity contribution >= 4 is 15.9 Å². The summed E-state index contributed by atoms with van der Waals surface area (Å²) in [5, 5.41) is 0. The summed E-state index contributed by atoms with van der Waals surface area (Å²) in [7, 11) is 0. The van der Waals surface area contributed by atoms with E-state index < -0.39 is 11.7 Å². The smallest absolute Gasteiger partial charge is 0.166 e. The van der Waals surface area contributed by atoms with Crippen LogP contribution in [0.1, 0.15) is 39.1 Å². The van der Waals surface area contributed by atoms with Crippen molar-refractivity contribution < 1.29 is 13.2 Å². The van der Waals surface area contributed by atoms with Gasteiger partial charge in [0.05, 0.1) is 10.4 Å². The van der Waals surface area contributed by atoms with Crippen LogP contribution in [0.2, 0.25) is 0 Å². The molecule has 0 bridgehead atoms. The third-order valence-electron chi connectivity index (χ3n) is 3.95. The Kier molecular flexibility index (Phi) is 3.82. The number of alkyl halides is 4. The van der Waals surface area contributed by atoms with Crippen molar-refractivity contribution in [1.29, 1.82) is 0 Å². The predicted octanol–water partition coefficient (Wildman–Crippen LogP) is 5.68. The largest absolute Gasteiger partial charge is 0.416 e. The lowest BCUT2D eigenvalue weighted by atomic mass is 9.99. The molecule has 0 nitrogen and oxygen atoms in total. The van der Waals surface area contributed by atoms with Crippen LogP contribution in [0.25, 0.3) is 0 Å². The van der Waals surface area contributed by atoms with Gasteiger partial charge in [-0.3, -0.25) is 0 Å². The lowest BCUT2D eigenvalue weighted by Crippen LogP contribution is -2.05. The second kappa shape index (κ2) is 5.48. The molecule has 21 heavy (non-hydrogen) atoms. The van der Waals surface area contributed by atoms with Crippen molar-refractivity contribution in [2.24, 2.45) is 0 Å². The lowest BCUT2D eigenvalue weighted by molar-refractivity contribution is -0.137. The average molecular weight is 355 g/mol. The molecule has 0 aromatic heterocycles. The first-order valence-electron chi connectivity index (χ1n) is 6.88. The molecule has 1 aliphatic rings. The number of halogens is 4. The summed E-state index contributed by atoms with van der Waals surface area (Å²) in [5.74, 6) is 0. The van der Waals surface area contributed by atoms with Crippen LogP contribution >= 0.6 is 15.9 Å². The van der Waals surface area contributed by atoms with Crippen molar-refractivity contribution in [2.45, 2.75) is 30.3 Å². The molecule has 1 unspecified atom stereocenters. The van der Waals surface area contributed by atoms with E-state index in [-0.39, 0.29) is 4.83 Å². The van der Waals surface area contributed by atoms with Crippen LogP contribution in [0.3, 0.4) is 0 Å². The molecule has 0 aliphatic heterocycles. The van der Waals surface area contributed by atoms with E-state index in [9.17, 15) is 13.2 Å². The number of aryl methyl sites for hydroxylation is 2. The number of hydrogen-bond acceptors (Lipinski definition) is 0. The molecule has 0 amide bonds. The second-order valence-electron chi connectivity index (χ2n) is 5.36. The Balaban J connectivity index is 1.86. The standard InChI is InChI=1S/C17H14BrF3/c18-16(12-6-8-15(9-7-12)17(19,20)21)14-5-4-11-2-1-3-13(11)10-14/h4-10,16H,1-3H2. The Morgan fingerprint density at radius 2 is 1.48 bits per heavy atom. The van der Waals surface area contributed by atoms with Gasteiger partial charge >= 0.3 is 6.18 Å². The lowest BCUT2D eigenvalue weighted by Gasteiger charge is -2.14. The quantitative estimate of drug-likeness (QED) is 0.608. The summed E-state index contributed by atoms with van der Waals surface area (Å²) in [4.78, 5) is -0.0781. The van der Waals surface area contributed by atoms with E-state index in [2.05, 4.69) is 34.1 Å². The Morgan fingerprint density at radius 1 is 0.857 bits per heavy atom. The molecule has 0 fully saturated rings. The molecular formula is C17H14BrF3. The summed E-state index contributed by atoms with van der Waals surface area (Å²) in [5.41, 5.74) is 4.07. The number of hydrogen-bond donors (Lipinski definition) is 0. The summed E-state index contributed by atoms with van der Waals surface area (Å²) in [6, 6.07) is 11.7. The van der Waals surface area contributed by atoms with Gasteiger partial charge in [0.25, 0.3) is 0 Å². The van der Waals surface area contributed by atoms with Gasteiger partial charge in [0, 0.05) is 0 Å². The molecule has 1 atom stereocenters. The molecule has 1 aliphatic carbocycles. The highest BCUT2D eigenvalue weighted by Crippen LogP contribution is 2.36. The highest BCUT2D eigenvalue weighted by molar-refractivity contribution is 9.09.